The van der Waals surface area contributed by atoms with Crippen molar-refractivity contribution in [3.05, 3.63) is 29.6 Å². The van der Waals surface area contributed by atoms with Gasteiger partial charge in [0.1, 0.15) is 17.1 Å². The Bertz CT molecular complexity index is 1200. The Morgan fingerprint density at radius 3 is 2.82 bits per heavy atom. The van der Waals surface area contributed by atoms with E-state index in [4.69, 9.17) is 5.73 Å². The number of carbonyl (C=O) groups excluding carboxylic acids is 1. The lowest BCUT2D eigenvalue weighted by atomic mass is 10.3. The lowest BCUT2D eigenvalue weighted by Crippen LogP contribution is -2.15. The molecule has 0 fully saturated rings. The highest BCUT2D eigenvalue weighted by molar-refractivity contribution is 5.92. The van der Waals surface area contributed by atoms with Gasteiger partial charge in [0.25, 0.3) is 5.91 Å². The normalized spacial score (nSPS) is 11.4. The van der Waals surface area contributed by atoms with Crippen molar-refractivity contribution >= 4 is 11.4 Å². The van der Waals surface area contributed by atoms with Crippen molar-refractivity contribution in [3.63, 3.8) is 0 Å². The molecule has 0 spiro atoms. The van der Waals surface area contributed by atoms with Gasteiger partial charge in [-0.05, 0) is 20.3 Å². The number of H-pyrrole nitrogens is 1. The van der Waals surface area contributed by atoms with Gasteiger partial charge in [-0.1, -0.05) is 6.92 Å². The maximum atomic E-state index is 11.8. The SMILES string of the molecule is CCCn1nc(C)c(O)c1-c1n[nH]c(-c2nc(C(N)=O)n3cc(C)ncc23)n1. The maximum absolute atomic E-state index is 11.8. The van der Waals surface area contributed by atoms with E-state index >= 15 is 0 Å². The average molecular weight is 381 g/mol. The molecule has 0 radical (unpaired) electrons. The summed E-state index contributed by atoms with van der Waals surface area (Å²) < 4.78 is 3.24. The van der Waals surface area contributed by atoms with Crippen LogP contribution in [0.4, 0.5) is 0 Å². The summed E-state index contributed by atoms with van der Waals surface area (Å²) in [4.78, 5) is 24.8. The number of rotatable bonds is 5. The standard InChI is InChI=1S/C17H19N9O2/c1-4-5-26-12(13(27)9(3)24-26)16-21-15(22-23-16)11-10-6-19-8(2)7-25(10)17(20-11)14(18)28/h6-7,27H,4-5H2,1-3H3,(H2,18,28)(H,21,22,23). The topological polar surface area (TPSA) is 153 Å². The van der Waals surface area contributed by atoms with Gasteiger partial charge in [0.15, 0.2) is 11.6 Å². The van der Waals surface area contributed by atoms with Crippen LogP contribution in [0.5, 0.6) is 5.75 Å². The zero-order valence-corrected chi connectivity index (χ0v) is 15.6. The number of carbonyl (C=O) groups is 1. The molecule has 4 aromatic rings. The molecule has 0 bridgehead atoms. The minimum Gasteiger partial charge on any atom is -0.504 e. The smallest absolute Gasteiger partial charge is 0.285 e. The number of hydrogen-bond acceptors (Lipinski definition) is 7. The van der Waals surface area contributed by atoms with Gasteiger partial charge in [-0.3, -0.25) is 24.0 Å². The first-order valence-corrected chi connectivity index (χ1v) is 8.74. The number of aromatic hydroxyl groups is 1. The van der Waals surface area contributed by atoms with E-state index in [1.807, 2.05) is 6.92 Å². The second-order valence-corrected chi connectivity index (χ2v) is 6.45. The summed E-state index contributed by atoms with van der Waals surface area (Å²) in [6.07, 6.45) is 4.10. The van der Waals surface area contributed by atoms with Gasteiger partial charge in [-0.15, -0.1) is 0 Å². The number of hydrogen-bond donors (Lipinski definition) is 3. The molecule has 1 amide bonds. The summed E-state index contributed by atoms with van der Waals surface area (Å²) in [6.45, 7) is 6.15. The first-order valence-electron chi connectivity index (χ1n) is 8.74. The Morgan fingerprint density at radius 2 is 2.11 bits per heavy atom. The Hall–Kier alpha value is -3.76. The summed E-state index contributed by atoms with van der Waals surface area (Å²) in [7, 11) is 0. The van der Waals surface area contributed by atoms with Crippen LogP contribution in [0.1, 0.15) is 35.4 Å². The molecular formula is C17H19N9O2. The minimum atomic E-state index is -0.666. The minimum absolute atomic E-state index is 0.0313. The zero-order valence-electron chi connectivity index (χ0n) is 15.6. The predicted octanol–water partition coefficient (Wildman–Crippen LogP) is 1.21. The van der Waals surface area contributed by atoms with E-state index in [1.165, 1.54) is 0 Å². The highest BCUT2D eigenvalue weighted by Crippen LogP contribution is 2.31. The lowest BCUT2D eigenvalue weighted by molar-refractivity contribution is 0.0990. The van der Waals surface area contributed by atoms with Gasteiger partial charge in [0.2, 0.25) is 11.6 Å². The summed E-state index contributed by atoms with van der Waals surface area (Å²) >= 11 is 0. The molecule has 0 aromatic carbocycles. The van der Waals surface area contributed by atoms with E-state index in [-0.39, 0.29) is 17.4 Å². The average Bonchev–Trinajstić information content (AvgIpc) is 3.32. The van der Waals surface area contributed by atoms with Crippen molar-refractivity contribution in [2.75, 3.05) is 0 Å². The molecule has 11 heteroatoms. The van der Waals surface area contributed by atoms with Gasteiger partial charge in [0.05, 0.1) is 17.4 Å². The summed E-state index contributed by atoms with van der Waals surface area (Å²) in [5.74, 6) is 0.0446. The van der Waals surface area contributed by atoms with Crippen molar-refractivity contribution in [3.8, 4) is 28.8 Å². The Kier molecular flexibility index (Phi) is 4.06. The Balaban J connectivity index is 1.87. The summed E-state index contributed by atoms with van der Waals surface area (Å²) in [5.41, 5.74) is 8.04. The lowest BCUT2D eigenvalue weighted by Gasteiger charge is -2.02. The van der Waals surface area contributed by atoms with Crippen LogP contribution in [0.25, 0.3) is 28.6 Å². The van der Waals surface area contributed by atoms with Gasteiger partial charge < -0.3 is 10.8 Å². The number of nitrogens with two attached hydrogens (primary N) is 1. The van der Waals surface area contributed by atoms with E-state index in [2.05, 4.69) is 30.2 Å². The molecule has 0 atom stereocenters. The van der Waals surface area contributed by atoms with Crippen molar-refractivity contribution in [2.45, 2.75) is 33.7 Å². The number of aromatic nitrogens is 8. The molecule has 11 nitrogen and oxygen atoms in total. The quantitative estimate of drug-likeness (QED) is 0.469. The highest BCUT2D eigenvalue weighted by Gasteiger charge is 2.23. The maximum Gasteiger partial charge on any atom is 0.285 e. The molecular weight excluding hydrogens is 362 g/mol. The number of amides is 1. The van der Waals surface area contributed by atoms with Crippen LogP contribution in [-0.2, 0) is 6.54 Å². The third-order valence-electron chi connectivity index (χ3n) is 4.33. The summed E-state index contributed by atoms with van der Waals surface area (Å²) in [6, 6.07) is 0. The van der Waals surface area contributed by atoms with E-state index in [9.17, 15) is 9.90 Å². The fourth-order valence-electron chi connectivity index (χ4n) is 3.07. The van der Waals surface area contributed by atoms with Crippen molar-refractivity contribution in [1.29, 1.82) is 0 Å². The number of primary amides is 1. The molecule has 0 saturated heterocycles. The van der Waals surface area contributed by atoms with Crippen molar-refractivity contribution in [2.24, 2.45) is 5.73 Å². The summed E-state index contributed by atoms with van der Waals surface area (Å²) in [5, 5.41) is 21.7. The van der Waals surface area contributed by atoms with Crippen LogP contribution in [0.3, 0.4) is 0 Å². The molecule has 0 aliphatic heterocycles. The number of nitrogens with one attached hydrogen (secondary N) is 1. The second kappa shape index (κ2) is 6.44. The van der Waals surface area contributed by atoms with Crippen LogP contribution < -0.4 is 5.73 Å². The first kappa shape index (κ1) is 17.6. The number of aromatic amines is 1. The predicted molar refractivity (Wildman–Crippen MR) is 99.5 cm³/mol. The molecule has 0 unspecified atom stereocenters. The number of aryl methyl sites for hydroxylation is 3. The molecule has 0 aliphatic carbocycles. The van der Waals surface area contributed by atoms with Crippen molar-refractivity contribution in [1.82, 2.24) is 39.3 Å². The van der Waals surface area contributed by atoms with E-state index < -0.39 is 5.91 Å². The van der Waals surface area contributed by atoms with Gasteiger partial charge >= 0.3 is 0 Å². The molecule has 4 aromatic heterocycles. The third kappa shape index (κ3) is 2.68. The Morgan fingerprint density at radius 1 is 1.32 bits per heavy atom. The fraction of sp³-hybridized carbons (Fsp3) is 0.294. The Labute approximate surface area is 159 Å². The monoisotopic (exact) mass is 381 g/mol. The van der Waals surface area contributed by atoms with Crippen LogP contribution >= 0.6 is 0 Å². The van der Waals surface area contributed by atoms with Crippen molar-refractivity contribution < 1.29 is 9.90 Å². The van der Waals surface area contributed by atoms with E-state index in [0.29, 0.717) is 40.7 Å². The molecule has 4 heterocycles. The second-order valence-electron chi connectivity index (χ2n) is 6.45. The van der Waals surface area contributed by atoms with Crippen LogP contribution in [-0.4, -0.2) is 50.3 Å². The van der Waals surface area contributed by atoms with Crippen LogP contribution in [0.2, 0.25) is 0 Å². The molecule has 0 aliphatic rings. The third-order valence-corrected chi connectivity index (χ3v) is 4.33. The zero-order chi connectivity index (χ0) is 20.0. The first-order chi connectivity index (χ1) is 13.4. The van der Waals surface area contributed by atoms with Gasteiger partial charge in [-0.2, -0.15) is 10.2 Å². The van der Waals surface area contributed by atoms with Crippen LogP contribution in [0, 0.1) is 13.8 Å². The largest absolute Gasteiger partial charge is 0.504 e. The highest BCUT2D eigenvalue weighted by atomic mass is 16.3. The number of imidazole rings is 1. The van der Waals surface area contributed by atoms with Gasteiger partial charge in [0, 0.05) is 12.7 Å². The molecule has 4 N–H and O–H groups in total. The fourth-order valence-corrected chi connectivity index (χ4v) is 3.07. The molecule has 28 heavy (non-hydrogen) atoms. The molecule has 4 rings (SSSR count). The van der Waals surface area contributed by atoms with E-state index in [0.717, 1.165) is 6.42 Å². The number of nitrogens with zero attached hydrogens (tertiary/aromatic N) is 7. The molecule has 0 saturated carbocycles. The number of fused-ring (bicyclic) bond motifs is 1. The van der Waals surface area contributed by atoms with Gasteiger partial charge in [-0.25, -0.2) is 9.97 Å². The van der Waals surface area contributed by atoms with Crippen LogP contribution in [0.15, 0.2) is 12.4 Å². The molecule has 144 valence electrons. The van der Waals surface area contributed by atoms with E-state index in [1.54, 1.807) is 35.3 Å².